The van der Waals surface area contributed by atoms with Crippen LogP contribution >= 0.6 is 0 Å². The molecule has 0 aliphatic carbocycles. The Labute approximate surface area is 159 Å². The van der Waals surface area contributed by atoms with Crippen LogP contribution in [0.15, 0.2) is 54.6 Å². The maximum atomic E-state index is 13.0. The second kappa shape index (κ2) is 9.62. The Morgan fingerprint density at radius 2 is 1.96 bits per heavy atom. The van der Waals surface area contributed by atoms with Gasteiger partial charge in [-0.1, -0.05) is 49.4 Å². The molecule has 0 spiro atoms. The summed E-state index contributed by atoms with van der Waals surface area (Å²) in [6, 6.07) is 16.6. The summed E-state index contributed by atoms with van der Waals surface area (Å²) < 4.78 is 24.2. The van der Waals surface area contributed by atoms with Crippen LogP contribution in [0.1, 0.15) is 30.4 Å². The number of benzene rings is 2. The summed E-state index contributed by atoms with van der Waals surface area (Å²) in [6.07, 6.45) is 0.166. The van der Waals surface area contributed by atoms with Gasteiger partial charge in [0.2, 0.25) is 0 Å². The lowest BCUT2D eigenvalue weighted by atomic mass is 9.98. The van der Waals surface area contributed by atoms with Crippen molar-refractivity contribution in [3.63, 3.8) is 0 Å². The van der Waals surface area contributed by atoms with Gasteiger partial charge in [0.1, 0.15) is 18.5 Å². The highest BCUT2D eigenvalue weighted by atomic mass is 19.1. The number of carbonyl (C=O) groups excluding carboxylic acids is 1. The van der Waals surface area contributed by atoms with Gasteiger partial charge in [-0.25, -0.2) is 4.39 Å². The summed E-state index contributed by atoms with van der Waals surface area (Å²) in [5, 5.41) is 0. The maximum absolute atomic E-state index is 13.0. The third-order valence-electron chi connectivity index (χ3n) is 4.81. The summed E-state index contributed by atoms with van der Waals surface area (Å²) in [7, 11) is 0. The molecule has 2 aromatic rings. The number of ether oxygens (including phenoxy) is 2. The van der Waals surface area contributed by atoms with E-state index in [0.29, 0.717) is 6.61 Å². The highest BCUT2D eigenvalue weighted by Gasteiger charge is 2.22. The van der Waals surface area contributed by atoms with Crippen LogP contribution in [0.3, 0.4) is 0 Å². The Bertz CT molecular complexity index is 720. The fourth-order valence-electron chi connectivity index (χ4n) is 3.27. The summed E-state index contributed by atoms with van der Waals surface area (Å²) in [6.45, 7) is 5.33. The highest BCUT2D eigenvalue weighted by Crippen LogP contribution is 2.20. The zero-order valence-electron chi connectivity index (χ0n) is 15.6. The van der Waals surface area contributed by atoms with Gasteiger partial charge < -0.3 is 9.47 Å². The first-order valence-electron chi connectivity index (χ1n) is 9.39. The Hall–Kier alpha value is -2.24. The Balaban J connectivity index is 1.42. The molecule has 5 heteroatoms. The van der Waals surface area contributed by atoms with Crippen molar-refractivity contribution in [1.29, 1.82) is 0 Å². The van der Waals surface area contributed by atoms with Crippen molar-refractivity contribution < 1.29 is 18.7 Å². The molecule has 0 saturated carbocycles. The summed E-state index contributed by atoms with van der Waals surface area (Å²) in [5.74, 6) is -0.543. The van der Waals surface area contributed by atoms with Crippen LogP contribution in [0.5, 0.6) is 0 Å². The van der Waals surface area contributed by atoms with Crippen LogP contribution in [0, 0.1) is 5.82 Å². The van der Waals surface area contributed by atoms with E-state index < -0.39 is 0 Å². The quantitative estimate of drug-likeness (QED) is 0.695. The molecule has 2 atom stereocenters. The molecule has 0 bridgehead atoms. The molecular formula is C22H26FNO3. The van der Waals surface area contributed by atoms with E-state index in [4.69, 9.17) is 9.47 Å². The number of hydrogen-bond acceptors (Lipinski definition) is 4. The largest absolute Gasteiger partial charge is 0.463 e. The van der Waals surface area contributed by atoms with Crippen molar-refractivity contribution in [3.8, 4) is 0 Å². The maximum Gasteiger partial charge on any atom is 0.306 e. The van der Waals surface area contributed by atoms with Crippen molar-refractivity contribution in [3.05, 3.63) is 71.5 Å². The zero-order valence-corrected chi connectivity index (χ0v) is 15.6. The third kappa shape index (κ3) is 6.15. The van der Waals surface area contributed by atoms with Crippen LogP contribution in [0.4, 0.5) is 4.39 Å². The van der Waals surface area contributed by atoms with Crippen LogP contribution < -0.4 is 0 Å². The lowest BCUT2D eigenvalue weighted by molar-refractivity contribution is -0.151. The number of nitrogens with zero attached hydrogens (tertiary/aromatic N) is 1. The second-order valence-electron chi connectivity index (χ2n) is 7.05. The number of morpholine rings is 1. The summed E-state index contributed by atoms with van der Waals surface area (Å²) >= 11 is 0. The van der Waals surface area contributed by atoms with Crippen molar-refractivity contribution in [2.24, 2.45) is 0 Å². The lowest BCUT2D eigenvalue weighted by Gasteiger charge is -2.32. The summed E-state index contributed by atoms with van der Waals surface area (Å²) in [5.41, 5.74) is 2.19. The molecule has 0 N–H and O–H groups in total. The van der Waals surface area contributed by atoms with Crippen LogP contribution in [0.25, 0.3) is 0 Å². The predicted molar refractivity (Wildman–Crippen MR) is 102 cm³/mol. The number of halogens is 1. The van der Waals surface area contributed by atoms with E-state index in [2.05, 4.69) is 17.0 Å². The fourth-order valence-corrected chi connectivity index (χ4v) is 3.27. The van der Waals surface area contributed by atoms with Gasteiger partial charge in [0.05, 0.1) is 13.0 Å². The van der Waals surface area contributed by atoms with E-state index in [1.54, 1.807) is 12.1 Å². The molecule has 2 aromatic carbocycles. The smallest absolute Gasteiger partial charge is 0.306 e. The van der Waals surface area contributed by atoms with Crippen molar-refractivity contribution in [2.45, 2.75) is 31.9 Å². The fraction of sp³-hybridized carbons (Fsp3) is 0.409. The standard InChI is InChI=1S/C22H26FNO3/c1-17(19-7-9-20(23)10-8-19)13-22(25)27-16-21-15-24(11-12-26-21)14-18-5-3-2-4-6-18/h2-10,17,21H,11-16H2,1H3. The molecule has 0 amide bonds. The minimum absolute atomic E-state index is 0.0139. The first-order chi connectivity index (χ1) is 13.1. The molecule has 1 fully saturated rings. The van der Waals surface area contributed by atoms with E-state index in [-0.39, 0.29) is 36.8 Å². The molecule has 1 saturated heterocycles. The van der Waals surface area contributed by atoms with Crippen LogP contribution in [0.2, 0.25) is 0 Å². The molecule has 1 aliphatic heterocycles. The van der Waals surface area contributed by atoms with Gasteiger partial charge in [0.25, 0.3) is 0 Å². The van der Waals surface area contributed by atoms with Crippen molar-refractivity contribution in [2.75, 3.05) is 26.3 Å². The van der Waals surface area contributed by atoms with Crippen LogP contribution in [-0.4, -0.2) is 43.3 Å². The second-order valence-corrected chi connectivity index (χ2v) is 7.05. The average Bonchev–Trinajstić information content (AvgIpc) is 2.68. The number of esters is 1. The van der Waals surface area contributed by atoms with Gasteiger partial charge in [0, 0.05) is 19.6 Å². The van der Waals surface area contributed by atoms with Gasteiger partial charge in [-0.3, -0.25) is 9.69 Å². The molecule has 0 radical (unpaired) electrons. The molecule has 144 valence electrons. The molecule has 4 nitrogen and oxygen atoms in total. The van der Waals surface area contributed by atoms with E-state index >= 15 is 0 Å². The first-order valence-corrected chi connectivity index (χ1v) is 9.39. The van der Waals surface area contributed by atoms with E-state index in [0.717, 1.165) is 25.2 Å². The minimum Gasteiger partial charge on any atom is -0.463 e. The molecule has 1 heterocycles. The van der Waals surface area contributed by atoms with Gasteiger partial charge in [0.15, 0.2) is 0 Å². The third-order valence-corrected chi connectivity index (χ3v) is 4.81. The normalized spacial score (nSPS) is 18.8. The Morgan fingerprint density at radius 1 is 1.22 bits per heavy atom. The molecule has 3 rings (SSSR count). The van der Waals surface area contributed by atoms with E-state index in [9.17, 15) is 9.18 Å². The number of rotatable bonds is 7. The highest BCUT2D eigenvalue weighted by molar-refractivity contribution is 5.70. The Kier molecular flexibility index (Phi) is 6.96. The zero-order chi connectivity index (χ0) is 19.1. The molecule has 2 unspecified atom stereocenters. The minimum atomic E-state index is -0.275. The monoisotopic (exact) mass is 371 g/mol. The van der Waals surface area contributed by atoms with Gasteiger partial charge in [-0.15, -0.1) is 0 Å². The molecule has 27 heavy (non-hydrogen) atoms. The average molecular weight is 371 g/mol. The van der Waals surface area contributed by atoms with Gasteiger partial charge in [-0.05, 0) is 29.2 Å². The topological polar surface area (TPSA) is 38.8 Å². The molecular weight excluding hydrogens is 345 g/mol. The van der Waals surface area contributed by atoms with Gasteiger partial charge in [-0.2, -0.15) is 0 Å². The van der Waals surface area contributed by atoms with Crippen LogP contribution in [-0.2, 0) is 20.8 Å². The van der Waals surface area contributed by atoms with E-state index in [1.807, 2.05) is 25.1 Å². The number of hydrogen-bond donors (Lipinski definition) is 0. The lowest BCUT2D eigenvalue weighted by Crippen LogP contribution is -2.44. The van der Waals surface area contributed by atoms with Crippen molar-refractivity contribution >= 4 is 5.97 Å². The SMILES string of the molecule is CC(CC(=O)OCC1CN(Cc2ccccc2)CCO1)c1ccc(F)cc1. The number of carbonyl (C=O) groups is 1. The van der Waals surface area contributed by atoms with E-state index in [1.165, 1.54) is 17.7 Å². The van der Waals surface area contributed by atoms with Gasteiger partial charge >= 0.3 is 5.97 Å². The molecule has 1 aliphatic rings. The summed E-state index contributed by atoms with van der Waals surface area (Å²) in [4.78, 5) is 14.5. The molecule has 0 aromatic heterocycles. The predicted octanol–water partition coefficient (Wildman–Crippen LogP) is 3.76. The Morgan fingerprint density at radius 3 is 2.70 bits per heavy atom. The first kappa shape index (κ1) is 19.5. The van der Waals surface area contributed by atoms with Crippen molar-refractivity contribution in [1.82, 2.24) is 4.90 Å².